The van der Waals surface area contributed by atoms with E-state index in [-0.39, 0.29) is 18.9 Å². The fraction of sp³-hybridized carbons (Fsp3) is 0.417. The third-order valence-corrected chi connectivity index (χ3v) is 2.59. The Balaban J connectivity index is 2.61. The van der Waals surface area contributed by atoms with Gasteiger partial charge in [0.25, 0.3) is 5.91 Å². The van der Waals surface area contributed by atoms with Gasteiger partial charge >= 0.3 is 0 Å². The number of rotatable bonds is 7. The number of halogens is 1. The molecule has 1 rings (SSSR count). The van der Waals surface area contributed by atoms with Crippen LogP contribution in [0.15, 0.2) is 12.3 Å². The summed E-state index contributed by atoms with van der Waals surface area (Å²) in [6.45, 7) is 2.99. The van der Waals surface area contributed by atoms with Crippen LogP contribution in [0.2, 0.25) is 5.02 Å². The minimum atomic E-state index is -0.462. The van der Waals surface area contributed by atoms with Crippen LogP contribution in [-0.2, 0) is 4.79 Å². The minimum absolute atomic E-state index is 0.100. The summed E-state index contributed by atoms with van der Waals surface area (Å²) in [5.41, 5.74) is 5.32. The molecule has 0 aliphatic carbocycles. The number of aromatic nitrogens is 1. The van der Waals surface area contributed by atoms with E-state index in [2.05, 4.69) is 15.6 Å². The molecule has 0 unspecified atom stereocenters. The number of nitrogens with two attached hydrogens (primary N) is 1. The molecule has 104 valence electrons. The van der Waals surface area contributed by atoms with E-state index in [0.717, 1.165) is 13.0 Å². The van der Waals surface area contributed by atoms with Crippen LogP contribution in [0.1, 0.15) is 30.1 Å². The van der Waals surface area contributed by atoms with Crippen molar-refractivity contribution in [3.8, 4) is 0 Å². The van der Waals surface area contributed by atoms with Crippen molar-refractivity contribution in [1.82, 2.24) is 10.3 Å². The van der Waals surface area contributed by atoms with Gasteiger partial charge in [0.05, 0.1) is 10.6 Å². The Hall–Kier alpha value is -1.82. The number of primary amides is 1. The van der Waals surface area contributed by atoms with E-state index in [1.54, 1.807) is 0 Å². The van der Waals surface area contributed by atoms with E-state index >= 15 is 0 Å². The van der Waals surface area contributed by atoms with Crippen molar-refractivity contribution in [2.75, 3.05) is 18.4 Å². The fourth-order valence-electron chi connectivity index (χ4n) is 1.34. The number of carbonyl (C=O) groups is 2. The Bertz CT molecular complexity index is 465. The number of hydrogen-bond acceptors (Lipinski definition) is 4. The monoisotopic (exact) mass is 284 g/mol. The molecule has 0 saturated heterocycles. The Morgan fingerprint density at radius 3 is 2.74 bits per heavy atom. The predicted octanol–water partition coefficient (Wildman–Crippen LogP) is 1.16. The number of amides is 2. The van der Waals surface area contributed by atoms with Gasteiger partial charge < -0.3 is 16.4 Å². The smallest absolute Gasteiger partial charge is 0.252 e. The second kappa shape index (κ2) is 7.58. The summed E-state index contributed by atoms with van der Waals surface area (Å²) in [7, 11) is 0. The lowest BCUT2D eigenvalue weighted by Gasteiger charge is -2.08. The second-order valence-corrected chi connectivity index (χ2v) is 4.36. The molecule has 0 aromatic carbocycles. The summed E-state index contributed by atoms with van der Waals surface area (Å²) in [4.78, 5) is 26.4. The van der Waals surface area contributed by atoms with Gasteiger partial charge in [0.2, 0.25) is 5.91 Å². The molecule has 0 aliphatic heterocycles. The van der Waals surface area contributed by atoms with Gasteiger partial charge in [0.15, 0.2) is 0 Å². The van der Waals surface area contributed by atoms with Gasteiger partial charge in [0, 0.05) is 25.7 Å². The van der Waals surface area contributed by atoms with Crippen molar-refractivity contribution in [3.05, 3.63) is 22.8 Å². The van der Waals surface area contributed by atoms with Crippen molar-refractivity contribution in [3.63, 3.8) is 0 Å². The van der Waals surface area contributed by atoms with Crippen molar-refractivity contribution in [2.24, 2.45) is 5.73 Å². The van der Waals surface area contributed by atoms with Gasteiger partial charge in [-0.25, -0.2) is 4.98 Å². The third kappa shape index (κ3) is 5.13. The van der Waals surface area contributed by atoms with E-state index in [0.29, 0.717) is 16.4 Å². The van der Waals surface area contributed by atoms with Crippen LogP contribution in [0.25, 0.3) is 0 Å². The van der Waals surface area contributed by atoms with Crippen LogP contribution in [0.3, 0.4) is 0 Å². The molecular formula is C12H17ClN4O2. The molecule has 7 heteroatoms. The highest BCUT2D eigenvalue weighted by atomic mass is 35.5. The maximum Gasteiger partial charge on any atom is 0.252 e. The van der Waals surface area contributed by atoms with Gasteiger partial charge in [-0.05, 0) is 12.5 Å². The molecule has 0 bridgehead atoms. The quantitative estimate of drug-likeness (QED) is 0.700. The zero-order chi connectivity index (χ0) is 14.3. The highest BCUT2D eigenvalue weighted by Crippen LogP contribution is 2.19. The van der Waals surface area contributed by atoms with Crippen LogP contribution >= 0.6 is 11.6 Å². The zero-order valence-electron chi connectivity index (χ0n) is 10.7. The fourth-order valence-corrected chi connectivity index (χ4v) is 1.57. The molecule has 0 radical (unpaired) electrons. The molecular weight excluding hydrogens is 268 g/mol. The van der Waals surface area contributed by atoms with Gasteiger partial charge in [-0.15, -0.1) is 0 Å². The number of anilines is 1. The average Bonchev–Trinajstić information content (AvgIpc) is 2.36. The van der Waals surface area contributed by atoms with E-state index in [4.69, 9.17) is 17.3 Å². The van der Waals surface area contributed by atoms with Crippen LogP contribution in [-0.4, -0.2) is 29.9 Å². The summed E-state index contributed by atoms with van der Waals surface area (Å²) in [6.07, 6.45) is 2.49. The zero-order valence-corrected chi connectivity index (χ0v) is 11.5. The number of nitrogens with zero attached hydrogens (tertiary/aromatic N) is 1. The van der Waals surface area contributed by atoms with E-state index < -0.39 is 5.91 Å². The highest BCUT2D eigenvalue weighted by molar-refractivity contribution is 6.33. The van der Waals surface area contributed by atoms with Gasteiger partial charge in [-0.1, -0.05) is 18.5 Å². The van der Waals surface area contributed by atoms with Crippen LogP contribution in [0.5, 0.6) is 0 Å². The number of carbonyl (C=O) groups excluding carboxylic acids is 2. The Labute approximate surface area is 116 Å². The normalized spacial score (nSPS) is 10.0. The second-order valence-electron chi connectivity index (χ2n) is 3.95. The lowest BCUT2D eigenvalue weighted by atomic mass is 10.2. The Morgan fingerprint density at radius 2 is 2.16 bits per heavy atom. The van der Waals surface area contributed by atoms with Crippen LogP contribution < -0.4 is 16.4 Å². The minimum Gasteiger partial charge on any atom is -0.370 e. The lowest BCUT2D eigenvalue weighted by Crippen LogP contribution is -2.28. The molecule has 6 nitrogen and oxygen atoms in total. The van der Waals surface area contributed by atoms with Crippen LogP contribution in [0, 0.1) is 0 Å². The van der Waals surface area contributed by atoms with E-state index in [1.165, 1.54) is 12.3 Å². The molecule has 0 atom stereocenters. The standard InChI is InChI=1S/C12H17ClN4O2/c1-2-4-15-11-9(13)6-8(7-17-11)12(19)16-5-3-10(14)18/h6-7H,2-5H2,1H3,(H2,14,18)(H,15,17)(H,16,19). The van der Waals surface area contributed by atoms with Crippen molar-refractivity contribution in [1.29, 1.82) is 0 Å². The first kappa shape index (κ1) is 15.2. The first-order valence-electron chi connectivity index (χ1n) is 6.00. The van der Waals surface area contributed by atoms with Crippen LogP contribution in [0.4, 0.5) is 5.82 Å². The van der Waals surface area contributed by atoms with Gasteiger partial charge in [-0.3, -0.25) is 9.59 Å². The van der Waals surface area contributed by atoms with Gasteiger partial charge in [-0.2, -0.15) is 0 Å². The number of pyridine rings is 1. The molecule has 1 aromatic rings. The molecule has 4 N–H and O–H groups in total. The Kier molecular flexibility index (Phi) is 6.08. The maximum absolute atomic E-state index is 11.7. The molecule has 1 heterocycles. The molecule has 19 heavy (non-hydrogen) atoms. The topological polar surface area (TPSA) is 97.1 Å². The SMILES string of the molecule is CCCNc1ncc(C(=O)NCCC(N)=O)cc1Cl. The predicted molar refractivity (Wildman–Crippen MR) is 74.2 cm³/mol. The molecule has 0 fully saturated rings. The van der Waals surface area contributed by atoms with E-state index in [9.17, 15) is 9.59 Å². The Morgan fingerprint density at radius 1 is 1.42 bits per heavy atom. The highest BCUT2D eigenvalue weighted by Gasteiger charge is 2.09. The summed E-state index contributed by atoms with van der Waals surface area (Å²) >= 11 is 6.01. The first-order valence-corrected chi connectivity index (χ1v) is 6.38. The summed E-state index contributed by atoms with van der Waals surface area (Å²) in [5, 5.41) is 6.00. The molecule has 0 spiro atoms. The van der Waals surface area contributed by atoms with E-state index in [1.807, 2.05) is 6.92 Å². The molecule has 1 aromatic heterocycles. The van der Waals surface area contributed by atoms with Crippen molar-refractivity contribution < 1.29 is 9.59 Å². The van der Waals surface area contributed by atoms with Crippen molar-refractivity contribution in [2.45, 2.75) is 19.8 Å². The third-order valence-electron chi connectivity index (χ3n) is 2.30. The summed E-state index contributed by atoms with van der Waals surface area (Å²) < 4.78 is 0. The number of hydrogen-bond donors (Lipinski definition) is 3. The average molecular weight is 285 g/mol. The maximum atomic E-state index is 11.7. The molecule has 0 aliphatic rings. The first-order chi connectivity index (χ1) is 9.04. The summed E-state index contributed by atoms with van der Waals surface area (Å²) in [6, 6.07) is 1.53. The summed E-state index contributed by atoms with van der Waals surface area (Å²) in [5.74, 6) is -0.245. The molecule has 2 amide bonds. The largest absolute Gasteiger partial charge is 0.370 e. The number of nitrogens with one attached hydrogen (secondary N) is 2. The lowest BCUT2D eigenvalue weighted by molar-refractivity contribution is -0.117. The van der Waals surface area contributed by atoms with Crippen molar-refractivity contribution >= 4 is 29.2 Å². The molecule has 0 saturated carbocycles. The van der Waals surface area contributed by atoms with Gasteiger partial charge in [0.1, 0.15) is 5.82 Å².